The van der Waals surface area contributed by atoms with E-state index in [4.69, 9.17) is 9.47 Å². The van der Waals surface area contributed by atoms with Crippen LogP contribution in [0.4, 0.5) is 0 Å². The summed E-state index contributed by atoms with van der Waals surface area (Å²) in [5.74, 6) is 2.36. The highest BCUT2D eigenvalue weighted by Crippen LogP contribution is 2.32. The lowest BCUT2D eigenvalue weighted by atomic mass is 10.0. The number of benzene rings is 1. The van der Waals surface area contributed by atoms with Crippen molar-refractivity contribution in [3.05, 3.63) is 23.9 Å². The third-order valence-electron chi connectivity index (χ3n) is 5.51. The highest BCUT2D eigenvalue weighted by Gasteiger charge is 2.30. The molecule has 8 heteroatoms. The Morgan fingerprint density at radius 3 is 2.60 bits per heavy atom. The van der Waals surface area contributed by atoms with E-state index in [2.05, 4.69) is 26.7 Å². The number of fused-ring (bicyclic) bond motifs is 1. The fourth-order valence-electron chi connectivity index (χ4n) is 3.90. The van der Waals surface area contributed by atoms with Gasteiger partial charge in [0.25, 0.3) is 0 Å². The Labute approximate surface area is 196 Å². The molecule has 1 aromatic carbocycles. The van der Waals surface area contributed by atoms with E-state index >= 15 is 0 Å². The molecule has 4 N–H and O–H groups in total. The van der Waals surface area contributed by atoms with E-state index < -0.39 is 5.60 Å². The smallest absolute Gasteiger partial charge is 0.191 e. The van der Waals surface area contributed by atoms with Crippen LogP contribution in [0.1, 0.15) is 44.7 Å². The number of methoxy groups -OCH3 is 2. The largest absolute Gasteiger partial charge is 0.497 e. The molecule has 30 heavy (non-hydrogen) atoms. The minimum atomic E-state index is -0.618. The maximum atomic E-state index is 10.5. The zero-order chi connectivity index (χ0) is 20.7. The molecule has 2 aromatic rings. The van der Waals surface area contributed by atoms with Crippen molar-refractivity contribution in [1.82, 2.24) is 15.6 Å². The molecular formula is C22H35IN4O3. The number of halogens is 1. The number of aliphatic hydroxyl groups is 1. The van der Waals surface area contributed by atoms with Crippen LogP contribution in [0.15, 0.2) is 23.2 Å². The molecule has 1 fully saturated rings. The van der Waals surface area contributed by atoms with Crippen LogP contribution >= 0.6 is 24.0 Å². The number of nitrogens with one attached hydrogen (secondary N) is 3. The number of aliphatic imine (C=N–C) groups is 1. The van der Waals surface area contributed by atoms with Gasteiger partial charge in [-0.15, -0.1) is 24.0 Å². The third-order valence-corrected chi connectivity index (χ3v) is 5.51. The Hall–Kier alpha value is -1.68. The number of ether oxygens (including phenoxy) is 2. The topological polar surface area (TPSA) is 90.9 Å². The SMILES string of the molecule is CCNC(=NCC1(O)CCCC1)NCCCc1cc2c(OC)cc(OC)cc2[nH]1.I. The Kier molecular flexibility index (Phi) is 9.54. The molecular weight excluding hydrogens is 495 g/mol. The number of aryl methyl sites for hydroxylation is 1. The van der Waals surface area contributed by atoms with E-state index in [1.807, 2.05) is 19.1 Å². The van der Waals surface area contributed by atoms with Crippen LogP contribution in [-0.2, 0) is 6.42 Å². The lowest BCUT2D eigenvalue weighted by Gasteiger charge is -2.20. The van der Waals surface area contributed by atoms with Crippen LogP contribution < -0.4 is 20.1 Å². The summed E-state index contributed by atoms with van der Waals surface area (Å²) in [7, 11) is 3.33. The van der Waals surface area contributed by atoms with Gasteiger partial charge in [-0.25, -0.2) is 0 Å². The van der Waals surface area contributed by atoms with Gasteiger partial charge in [0.15, 0.2) is 5.96 Å². The third kappa shape index (κ3) is 6.41. The number of H-pyrrole nitrogens is 1. The first-order valence-electron chi connectivity index (χ1n) is 10.5. The van der Waals surface area contributed by atoms with E-state index in [1.165, 1.54) is 0 Å². The van der Waals surface area contributed by atoms with Crippen LogP contribution in [-0.4, -0.2) is 55.5 Å². The summed E-state index contributed by atoms with van der Waals surface area (Å²) >= 11 is 0. The highest BCUT2D eigenvalue weighted by molar-refractivity contribution is 14.0. The van der Waals surface area contributed by atoms with E-state index in [9.17, 15) is 5.11 Å². The van der Waals surface area contributed by atoms with E-state index in [1.54, 1.807) is 14.2 Å². The molecule has 0 unspecified atom stereocenters. The quantitative estimate of drug-likeness (QED) is 0.172. The van der Waals surface area contributed by atoms with Crippen molar-refractivity contribution in [2.24, 2.45) is 4.99 Å². The van der Waals surface area contributed by atoms with Crippen molar-refractivity contribution in [1.29, 1.82) is 0 Å². The normalized spacial score (nSPS) is 15.7. The average molecular weight is 530 g/mol. The van der Waals surface area contributed by atoms with Gasteiger partial charge < -0.3 is 30.2 Å². The first kappa shape index (κ1) is 24.6. The Balaban J connectivity index is 0.00000320. The summed E-state index contributed by atoms with van der Waals surface area (Å²) in [6.07, 6.45) is 5.76. The second-order valence-corrected chi connectivity index (χ2v) is 7.74. The zero-order valence-corrected chi connectivity index (χ0v) is 20.5. The summed E-state index contributed by atoms with van der Waals surface area (Å²) in [5.41, 5.74) is 1.56. The molecule has 0 aliphatic heterocycles. The van der Waals surface area contributed by atoms with Crippen LogP contribution in [0.2, 0.25) is 0 Å². The van der Waals surface area contributed by atoms with Crippen molar-refractivity contribution in [3.8, 4) is 11.5 Å². The molecule has 1 aromatic heterocycles. The monoisotopic (exact) mass is 530 g/mol. The average Bonchev–Trinajstić information content (AvgIpc) is 3.34. The maximum absolute atomic E-state index is 10.5. The zero-order valence-electron chi connectivity index (χ0n) is 18.2. The Morgan fingerprint density at radius 2 is 1.93 bits per heavy atom. The van der Waals surface area contributed by atoms with Crippen molar-refractivity contribution in [2.45, 2.75) is 51.0 Å². The molecule has 3 rings (SSSR count). The summed E-state index contributed by atoms with van der Waals surface area (Å²) in [6, 6.07) is 6.03. The molecule has 7 nitrogen and oxygen atoms in total. The molecule has 1 saturated carbocycles. The van der Waals surface area contributed by atoms with Gasteiger partial charge in [-0.05, 0) is 38.7 Å². The maximum Gasteiger partial charge on any atom is 0.191 e. The predicted octanol–water partition coefficient (Wildman–Crippen LogP) is 3.60. The van der Waals surface area contributed by atoms with Gasteiger partial charge in [-0.2, -0.15) is 0 Å². The molecule has 1 heterocycles. The highest BCUT2D eigenvalue weighted by atomic mass is 127. The van der Waals surface area contributed by atoms with Crippen LogP contribution in [0, 0.1) is 0 Å². The second-order valence-electron chi connectivity index (χ2n) is 7.74. The van der Waals surface area contributed by atoms with Gasteiger partial charge in [0.1, 0.15) is 11.5 Å². The number of aromatic amines is 1. The second kappa shape index (κ2) is 11.6. The van der Waals surface area contributed by atoms with Crippen LogP contribution in [0.25, 0.3) is 10.9 Å². The van der Waals surface area contributed by atoms with Crippen LogP contribution in [0.5, 0.6) is 11.5 Å². The molecule has 0 atom stereocenters. The number of rotatable bonds is 9. The standard InChI is InChI=1S/C22H34N4O3.HI/c1-4-23-21(25-15-22(27)9-5-6-10-22)24-11-7-8-16-12-18-19(26-16)13-17(28-2)14-20(18)29-3;/h12-14,26-27H,4-11,15H2,1-3H3,(H2,23,24,25);1H. The summed E-state index contributed by atoms with van der Waals surface area (Å²) in [5, 5.41) is 18.2. The van der Waals surface area contributed by atoms with Gasteiger partial charge in [0.05, 0.1) is 31.9 Å². The molecule has 0 bridgehead atoms. The minimum Gasteiger partial charge on any atom is -0.497 e. The Morgan fingerprint density at radius 1 is 1.17 bits per heavy atom. The lowest BCUT2D eigenvalue weighted by molar-refractivity contribution is 0.0574. The predicted molar refractivity (Wildman–Crippen MR) is 133 cm³/mol. The van der Waals surface area contributed by atoms with Crippen molar-refractivity contribution < 1.29 is 14.6 Å². The molecule has 1 aliphatic carbocycles. The number of hydrogen-bond acceptors (Lipinski definition) is 4. The van der Waals surface area contributed by atoms with Gasteiger partial charge in [0.2, 0.25) is 0 Å². The van der Waals surface area contributed by atoms with Crippen molar-refractivity contribution in [2.75, 3.05) is 33.9 Å². The Bertz CT molecular complexity index is 831. The van der Waals surface area contributed by atoms with Crippen molar-refractivity contribution >= 4 is 40.8 Å². The molecule has 0 radical (unpaired) electrons. The number of nitrogens with zero attached hydrogens (tertiary/aromatic N) is 1. The first-order chi connectivity index (χ1) is 14.1. The molecule has 0 amide bonds. The number of aromatic nitrogens is 1. The van der Waals surface area contributed by atoms with Gasteiger partial charge in [0, 0.05) is 36.3 Å². The van der Waals surface area contributed by atoms with E-state index in [0.717, 1.165) is 85.7 Å². The van der Waals surface area contributed by atoms with Crippen molar-refractivity contribution in [3.63, 3.8) is 0 Å². The summed E-state index contributed by atoms with van der Waals surface area (Å²) < 4.78 is 10.8. The molecule has 0 saturated heterocycles. The minimum absolute atomic E-state index is 0. The van der Waals surface area contributed by atoms with Crippen LogP contribution in [0.3, 0.4) is 0 Å². The van der Waals surface area contributed by atoms with Gasteiger partial charge in [-0.3, -0.25) is 4.99 Å². The van der Waals surface area contributed by atoms with Gasteiger partial charge >= 0.3 is 0 Å². The first-order valence-corrected chi connectivity index (χ1v) is 10.5. The summed E-state index contributed by atoms with van der Waals surface area (Å²) in [4.78, 5) is 8.05. The van der Waals surface area contributed by atoms with Gasteiger partial charge in [-0.1, -0.05) is 12.8 Å². The molecule has 168 valence electrons. The fourth-order valence-corrected chi connectivity index (χ4v) is 3.90. The number of hydrogen-bond donors (Lipinski definition) is 4. The molecule has 1 aliphatic rings. The summed E-state index contributed by atoms with van der Waals surface area (Å²) in [6.45, 7) is 4.12. The molecule has 0 spiro atoms. The fraction of sp³-hybridized carbons (Fsp3) is 0.591. The van der Waals surface area contributed by atoms with E-state index in [0.29, 0.717) is 6.54 Å². The number of guanidine groups is 1. The lowest BCUT2D eigenvalue weighted by Crippen LogP contribution is -2.39. The van der Waals surface area contributed by atoms with E-state index in [-0.39, 0.29) is 24.0 Å².